The highest BCUT2D eigenvalue weighted by atomic mass is 16.5. The summed E-state index contributed by atoms with van der Waals surface area (Å²) in [6.07, 6.45) is 0.652. The van der Waals surface area contributed by atoms with Gasteiger partial charge in [0, 0.05) is 13.7 Å². The molecule has 0 fully saturated rings. The first-order chi connectivity index (χ1) is 3.41. The number of hydrogen-bond acceptors (Lipinski definition) is 2. The van der Waals surface area contributed by atoms with Crippen LogP contribution in [0.15, 0.2) is 0 Å². The van der Waals surface area contributed by atoms with Crippen LogP contribution in [0.1, 0.15) is 0 Å². The van der Waals surface area contributed by atoms with Crippen LogP contribution in [-0.4, -0.2) is 26.7 Å². The maximum absolute atomic E-state index is 9.51. The molecular weight excluding hydrogens is 94.0 g/mol. The van der Waals surface area contributed by atoms with Crippen molar-refractivity contribution in [3.63, 3.8) is 0 Å². The molecule has 1 amide bonds. The molecule has 1 N–H and O–H groups in total. The van der Waals surface area contributed by atoms with E-state index >= 15 is 0 Å². The lowest BCUT2D eigenvalue weighted by Gasteiger charge is -1.92. The lowest BCUT2D eigenvalue weighted by Crippen LogP contribution is -2.16. The summed E-state index contributed by atoms with van der Waals surface area (Å²) >= 11 is 0. The Morgan fingerprint density at radius 2 is 2.57 bits per heavy atom. The van der Waals surface area contributed by atoms with Crippen molar-refractivity contribution in [1.29, 1.82) is 0 Å². The molecule has 0 aliphatic rings. The summed E-state index contributed by atoms with van der Waals surface area (Å²) in [6.45, 7) is 1.18. The number of carbonyl (C=O) groups excluding carboxylic acids is 1. The lowest BCUT2D eigenvalue weighted by atomic mass is 10.7. The van der Waals surface area contributed by atoms with E-state index in [9.17, 15) is 4.79 Å². The molecule has 3 nitrogen and oxygen atoms in total. The molecular formula is C4H9NO2. The monoisotopic (exact) mass is 103 g/mol. The average Bonchev–Trinajstić information content (AvgIpc) is 1.69. The van der Waals surface area contributed by atoms with Gasteiger partial charge in [-0.25, -0.2) is 0 Å². The second-order valence-electron chi connectivity index (χ2n) is 1.06. The van der Waals surface area contributed by atoms with E-state index < -0.39 is 0 Å². The van der Waals surface area contributed by atoms with Gasteiger partial charge in [0.05, 0.1) is 6.61 Å². The number of ether oxygens (including phenoxy) is 1. The fourth-order valence-electron chi connectivity index (χ4n) is 0.220. The number of methoxy groups -OCH3 is 1. The molecule has 42 valence electrons. The van der Waals surface area contributed by atoms with Gasteiger partial charge in [-0.15, -0.1) is 0 Å². The van der Waals surface area contributed by atoms with Crippen LogP contribution in [0.3, 0.4) is 0 Å². The SMILES string of the molecule is COCCNC=O. The summed E-state index contributed by atoms with van der Waals surface area (Å²) in [6, 6.07) is 0. The maximum Gasteiger partial charge on any atom is 0.207 e. The molecule has 0 aliphatic carbocycles. The summed E-state index contributed by atoms with van der Waals surface area (Å²) in [5.41, 5.74) is 0. The second kappa shape index (κ2) is 5.43. The van der Waals surface area contributed by atoms with Crippen molar-refractivity contribution >= 4 is 6.41 Å². The molecule has 0 heterocycles. The number of amides is 1. The van der Waals surface area contributed by atoms with Crippen molar-refractivity contribution in [3.05, 3.63) is 0 Å². The van der Waals surface area contributed by atoms with Gasteiger partial charge in [0.1, 0.15) is 0 Å². The minimum absolute atomic E-state index is 0.582. The van der Waals surface area contributed by atoms with Crippen LogP contribution < -0.4 is 5.32 Å². The summed E-state index contributed by atoms with van der Waals surface area (Å²) < 4.78 is 4.62. The smallest absolute Gasteiger partial charge is 0.207 e. The Morgan fingerprint density at radius 3 is 3.00 bits per heavy atom. The van der Waals surface area contributed by atoms with Gasteiger partial charge in [-0.3, -0.25) is 4.79 Å². The van der Waals surface area contributed by atoms with E-state index in [0.717, 1.165) is 0 Å². The van der Waals surface area contributed by atoms with Gasteiger partial charge >= 0.3 is 0 Å². The van der Waals surface area contributed by atoms with E-state index in [1.54, 1.807) is 7.11 Å². The number of carbonyl (C=O) groups is 1. The minimum Gasteiger partial charge on any atom is -0.383 e. The third kappa shape index (κ3) is 5.43. The van der Waals surface area contributed by atoms with Crippen LogP contribution in [0.5, 0.6) is 0 Å². The van der Waals surface area contributed by atoms with Crippen LogP contribution in [0.4, 0.5) is 0 Å². The second-order valence-corrected chi connectivity index (χ2v) is 1.06. The quantitative estimate of drug-likeness (QED) is 0.380. The third-order valence-electron chi connectivity index (χ3n) is 0.534. The molecule has 0 unspecified atom stereocenters. The van der Waals surface area contributed by atoms with Crippen molar-refractivity contribution in [3.8, 4) is 0 Å². The molecule has 0 saturated heterocycles. The molecule has 0 saturated carbocycles. The zero-order valence-corrected chi connectivity index (χ0v) is 4.31. The summed E-state index contributed by atoms with van der Waals surface area (Å²) in [4.78, 5) is 9.51. The Morgan fingerprint density at radius 1 is 1.86 bits per heavy atom. The van der Waals surface area contributed by atoms with Crippen molar-refractivity contribution in [1.82, 2.24) is 5.32 Å². The Labute approximate surface area is 42.7 Å². The molecule has 7 heavy (non-hydrogen) atoms. The minimum atomic E-state index is 0.582. The number of rotatable bonds is 4. The number of nitrogens with one attached hydrogen (secondary N) is 1. The molecule has 0 aromatic heterocycles. The van der Waals surface area contributed by atoms with E-state index in [-0.39, 0.29) is 0 Å². The fourth-order valence-corrected chi connectivity index (χ4v) is 0.220. The topological polar surface area (TPSA) is 38.3 Å². The first kappa shape index (κ1) is 6.43. The van der Waals surface area contributed by atoms with Crippen LogP contribution in [-0.2, 0) is 9.53 Å². The Bertz CT molecular complexity index is 47.0. The van der Waals surface area contributed by atoms with E-state index in [0.29, 0.717) is 19.6 Å². The van der Waals surface area contributed by atoms with E-state index in [4.69, 9.17) is 0 Å². The molecule has 0 aromatic rings. The van der Waals surface area contributed by atoms with Crippen molar-refractivity contribution < 1.29 is 9.53 Å². The van der Waals surface area contributed by atoms with Crippen LogP contribution >= 0.6 is 0 Å². The highest BCUT2D eigenvalue weighted by molar-refractivity contribution is 5.45. The first-order valence-electron chi connectivity index (χ1n) is 2.07. The van der Waals surface area contributed by atoms with Gasteiger partial charge in [-0.2, -0.15) is 0 Å². The normalized spacial score (nSPS) is 8.14. The lowest BCUT2D eigenvalue weighted by molar-refractivity contribution is -0.109. The summed E-state index contributed by atoms with van der Waals surface area (Å²) in [5.74, 6) is 0. The largest absolute Gasteiger partial charge is 0.383 e. The highest BCUT2D eigenvalue weighted by Gasteiger charge is 1.75. The third-order valence-corrected chi connectivity index (χ3v) is 0.534. The molecule has 0 spiro atoms. The van der Waals surface area contributed by atoms with Gasteiger partial charge in [0.15, 0.2) is 0 Å². The highest BCUT2D eigenvalue weighted by Crippen LogP contribution is 1.58. The van der Waals surface area contributed by atoms with E-state index in [1.165, 1.54) is 0 Å². The summed E-state index contributed by atoms with van der Waals surface area (Å²) in [7, 11) is 1.59. The standard InChI is InChI=1S/C4H9NO2/c1-7-3-2-5-4-6/h4H,2-3H2,1H3,(H,5,6). The van der Waals surface area contributed by atoms with E-state index in [2.05, 4.69) is 10.1 Å². The van der Waals surface area contributed by atoms with Crippen molar-refractivity contribution in [2.45, 2.75) is 0 Å². The maximum atomic E-state index is 9.51. The Balaban J connectivity index is 2.56. The molecule has 3 heteroatoms. The van der Waals surface area contributed by atoms with Gasteiger partial charge in [-0.05, 0) is 0 Å². The molecule has 0 radical (unpaired) electrons. The van der Waals surface area contributed by atoms with Gasteiger partial charge in [0.2, 0.25) is 6.41 Å². The molecule has 0 aromatic carbocycles. The molecule has 0 atom stereocenters. The molecule has 0 rings (SSSR count). The summed E-state index contributed by atoms with van der Waals surface area (Å²) in [5, 5.41) is 2.44. The Hall–Kier alpha value is -0.570. The molecule has 0 bridgehead atoms. The zero-order chi connectivity index (χ0) is 5.54. The first-order valence-corrected chi connectivity index (χ1v) is 2.07. The number of hydrogen-bond donors (Lipinski definition) is 1. The Kier molecular flexibility index (Phi) is 4.99. The van der Waals surface area contributed by atoms with Gasteiger partial charge in [-0.1, -0.05) is 0 Å². The fraction of sp³-hybridized carbons (Fsp3) is 0.750. The van der Waals surface area contributed by atoms with Gasteiger partial charge in [0.25, 0.3) is 0 Å². The van der Waals surface area contributed by atoms with Crippen LogP contribution in [0.2, 0.25) is 0 Å². The van der Waals surface area contributed by atoms with Crippen molar-refractivity contribution in [2.75, 3.05) is 20.3 Å². The predicted octanol–water partition coefficient (Wildman–Crippen LogP) is -0.621. The van der Waals surface area contributed by atoms with E-state index in [1.807, 2.05) is 0 Å². The van der Waals surface area contributed by atoms with Crippen LogP contribution in [0.25, 0.3) is 0 Å². The molecule has 0 aliphatic heterocycles. The van der Waals surface area contributed by atoms with Crippen LogP contribution in [0, 0.1) is 0 Å². The predicted molar refractivity (Wildman–Crippen MR) is 25.9 cm³/mol. The van der Waals surface area contributed by atoms with Crippen molar-refractivity contribution in [2.24, 2.45) is 0 Å². The van der Waals surface area contributed by atoms with Gasteiger partial charge < -0.3 is 10.1 Å². The zero-order valence-electron chi connectivity index (χ0n) is 4.31. The average molecular weight is 103 g/mol.